The van der Waals surface area contributed by atoms with Crippen LogP contribution in [0.25, 0.3) is 0 Å². The van der Waals surface area contributed by atoms with E-state index in [9.17, 15) is 19.5 Å². The number of benzene rings is 2. The fourth-order valence-electron chi connectivity index (χ4n) is 3.08. The summed E-state index contributed by atoms with van der Waals surface area (Å²) in [5, 5.41) is 12.1. The molecule has 0 unspecified atom stereocenters. The second kappa shape index (κ2) is 9.14. The number of amides is 3. The molecule has 7 nitrogen and oxygen atoms in total. The molecule has 2 aromatic carbocycles. The van der Waals surface area contributed by atoms with Crippen LogP contribution in [-0.2, 0) is 11.3 Å². The summed E-state index contributed by atoms with van der Waals surface area (Å²) in [4.78, 5) is 37.7. The molecular formula is C21H22N2O5. The van der Waals surface area contributed by atoms with Crippen LogP contribution in [0.2, 0.25) is 0 Å². The number of carbonyl (C=O) groups excluding carboxylic acids is 3. The number of hydrogen-bond donors (Lipinski definition) is 2. The summed E-state index contributed by atoms with van der Waals surface area (Å²) in [5.41, 5.74) is 1.69. The molecule has 3 rings (SSSR count). The van der Waals surface area contributed by atoms with Crippen molar-refractivity contribution < 1.29 is 24.2 Å². The van der Waals surface area contributed by atoms with E-state index in [4.69, 9.17) is 4.74 Å². The number of aliphatic hydroxyl groups is 1. The zero-order valence-electron chi connectivity index (χ0n) is 15.3. The standard InChI is InChI=1S/C21H22N2O5/c24-13-16(22-21(27)28-14-15-7-2-1-3-8-15)9-6-12-23-19(25)17-10-4-5-11-18(17)20(23)26/h1-5,7-8,10-11,16,24H,6,9,12-14H2,(H,22,27)/t16-/m0/s1. The minimum absolute atomic E-state index is 0.139. The number of nitrogens with one attached hydrogen (secondary N) is 1. The van der Waals surface area contributed by atoms with Crippen molar-refractivity contribution in [3.8, 4) is 0 Å². The van der Waals surface area contributed by atoms with Crippen molar-refractivity contribution in [2.45, 2.75) is 25.5 Å². The maximum Gasteiger partial charge on any atom is 0.407 e. The van der Waals surface area contributed by atoms with Crippen LogP contribution in [-0.4, -0.2) is 47.1 Å². The number of alkyl carbamates (subject to hydrolysis) is 1. The minimum Gasteiger partial charge on any atom is -0.445 e. The van der Waals surface area contributed by atoms with Crippen LogP contribution in [0.15, 0.2) is 54.6 Å². The average Bonchev–Trinajstić information content (AvgIpc) is 2.97. The van der Waals surface area contributed by atoms with Gasteiger partial charge in [0, 0.05) is 6.54 Å². The Morgan fingerprint density at radius 1 is 1.00 bits per heavy atom. The molecule has 2 N–H and O–H groups in total. The quantitative estimate of drug-likeness (QED) is 0.683. The summed E-state index contributed by atoms with van der Waals surface area (Å²) in [7, 11) is 0. The lowest BCUT2D eigenvalue weighted by Crippen LogP contribution is -2.39. The first-order valence-corrected chi connectivity index (χ1v) is 9.13. The van der Waals surface area contributed by atoms with Gasteiger partial charge in [0.2, 0.25) is 0 Å². The van der Waals surface area contributed by atoms with Crippen LogP contribution >= 0.6 is 0 Å². The van der Waals surface area contributed by atoms with Crippen molar-refractivity contribution >= 4 is 17.9 Å². The topological polar surface area (TPSA) is 95.9 Å². The average molecular weight is 382 g/mol. The van der Waals surface area contributed by atoms with Crippen molar-refractivity contribution in [1.29, 1.82) is 0 Å². The highest BCUT2D eigenvalue weighted by atomic mass is 16.5. The molecule has 0 aliphatic carbocycles. The maximum absolute atomic E-state index is 12.3. The van der Waals surface area contributed by atoms with Crippen molar-refractivity contribution in [2.24, 2.45) is 0 Å². The number of carbonyl (C=O) groups is 3. The highest BCUT2D eigenvalue weighted by Crippen LogP contribution is 2.22. The number of hydrogen-bond acceptors (Lipinski definition) is 5. The molecule has 0 saturated carbocycles. The van der Waals surface area contributed by atoms with Gasteiger partial charge in [-0.1, -0.05) is 42.5 Å². The van der Waals surface area contributed by atoms with E-state index in [0.717, 1.165) is 5.56 Å². The Labute approximate surface area is 162 Å². The summed E-state index contributed by atoms with van der Waals surface area (Å²) in [6.07, 6.45) is 0.239. The highest BCUT2D eigenvalue weighted by molar-refractivity contribution is 6.21. The van der Waals surface area contributed by atoms with Gasteiger partial charge in [-0.25, -0.2) is 4.79 Å². The molecular weight excluding hydrogens is 360 g/mol. The largest absolute Gasteiger partial charge is 0.445 e. The number of aliphatic hydroxyl groups excluding tert-OH is 1. The summed E-state index contributed by atoms with van der Waals surface area (Å²) >= 11 is 0. The summed E-state index contributed by atoms with van der Waals surface area (Å²) in [6, 6.07) is 15.5. The first-order valence-electron chi connectivity index (χ1n) is 9.13. The van der Waals surface area contributed by atoms with E-state index in [0.29, 0.717) is 24.0 Å². The van der Waals surface area contributed by atoms with Crippen molar-refractivity contribution in [3.05, 3.63) is 71.3 Å². The highest BCUT2D eigenvalue weighted by Gasteiger charge is 2.34. The van der Waals surface area contributed by atoms with Crippen LogP contribution in [0.1, 0.15) is 39.1 Å². The van der Waals surface area contributed by atoms with E-state index in [1.165, 1.54) is 4.90 Å². The molecule has 1 aliphatic rings. The SMILES string of the molecule is O=C(N[C@H](CO)CCCN1C(=O)c2ccccc2C1=O)OCc1ccccc1. The van der Waals surface area contributed by atoms with Crippen LogP contribution in [0.4, 0.5) is 4.79 Å². The van der Waals surface area contributed by atoms with E-state index in [-0.39, 0.29) is 31.6 Å². The van der Waals surface area contributed by atoms with Gasteiger partial charge in [-0.05, 0) is 30.5 Å². The van der Waals surface area contributed by atoms with Gasteiger partial charge in [0.05, 0.1) is 23.8 Å². The first kappa shape index (κ1) is 19.6. The van der Waals surface area contributed by atoms with Crippen LogP contribution in [0, 0.1) is 0 Å². The molecule has 146 valence electrons. The van der Waals surface area contributed by atoms with Crippen molar-refractivity contribution in [3.63, 3.8) is 0 Å². The molecule has 1 atom stereocenters. The third-order valence-corrected chi connectivity index (χ3v) is 4.57. The molecule has 0 radical (unpaired) electrons. The fourth-order valence-corrected chi connectivity index (χ4v) is 3.08. The van der Waals surface area contributed by atoms with Crippen LogP contribution in [0.3, 0.4) is 0 Å². The van der Waals surface area contributed by atoms with Crippen molar-refractivity contribution in [2.75, 3.05) is 13.2 Å². The first-order chi connectivity index (χ1) is 13.6. The minimum atomic E-state index is -0.622. The Morgan fingerprint density at radius 2 is 1.61 bits per heavy atom. The number of rotatable bonds is 8. The molecule has 3 amide bonds. The molecule has 7 heteroatoms. The van der Waals surface area contributed by atoms with Crippen LogP contribution in [0.5, 0.6) is 0 Å². The number of imide groups is 1. The zero-order chi connectivity index (χ0) is 19.9. The monoisotopic (exact) mass is 382 g/mol. The summed E-state index contributed by atoms with van der Waals surface area (Å²) in [6.45, 7) is 0.103. The van der Waals surface area contributed by atoms with Gasteiger partial charge in [0.25, 0.3) is 11.8 Å². The van der Waals surface area contributed by atoms with E-state index in [1.807, 2.05) is 30.3 Å². The lowest BCUT2D eigenvalue weighted by Gasteiger charge is -2.18. The van der Waals surface area contributed by atoms with Gasteiger partial charge in [0.1, 0.15) is 6.61 Å². The van der Waals surface area contributed by atoms with Gasteiger partial charge < -0.3 is 15.2 Å². The van der Waals surface area contributed by atoms with Gasteiger partial charge in [-0.2, -0.15) is 0 Å². The van der Waals surface area contributed by atoms with Crippen molar-refractivity contribution in [1.82, 2.24) is 10.2 Å². The zero-order valence-corrected chi connectivity index (χ0v) is 15.3. The molecule has 0 aromatic heterocycles. The van der Waals surface area contributed by atoms with Gasteiger partial charge in [-0.3, -0.25) is 14.5 Å². The lowest BCUT2D eigenvalue weighted by atomic mass is 10.1. The Kier molecular flexibility index (Phi) is 6.39. The molecule has 0 bridgehead atoms. The predicted molar refractivity (Wildman–Crippen MR) is 102 cm³/mol. The Bertz CT molecular complexity index is 818. The molecule has 1 aliphatic heterocycles. The number of fused-ring (bicyclic) bond motifs is 1. The predicted octanol–water partition coefficient (Wildman–Crippen LogP) is 2.35. The van der Waals surface area contributed by atoms with E-state index in [1.54, 1.807) is 24.3 Å². The van der Waals surface area contributed by atoms with E-state index in [2.05, 4.69) is 5.32 Å². The summed E-state index contributed by atoms with van der Waals surface area (Å²) < 4.78 is 5.14. The molecule has 1 heterocycles. The Balaban J connectivity index is 1.44. The van der Waals surface area contributed by atoms with Gasteiger partial charge >= 0.3 is 6.09 Å². The Hall–Kier alpha value is -3.19. The Morgan fingerprint density at radius 3 is 2.21 bits per heavy atom. The van der Waals surface area contributed by atoms with E-state index < -0.39 is 12.1 Å². The number of nitrogens with zero attached hydrogens (tertiary/aromatic N) is 1. The van der Waals surface area contributed by atoms with Gasteiger partial charge in [0.15, 0.2) is 0 Å². The van der Waals surface area contributed by atoms with Crippen LogP contribution < -0.4 is 5.32 Å². The normalized spacial score (nSPS) is 14.0. The second-order valence-electron chi connectivity index (χ2n) is 6.54. The molecule has 0 spiro atoms. The van der Waals surface area contributed by atoms with Gasteiger partial charge in [-0.15, -0.1) is 0 Å². The molecule has 0 fully saturated rings. The molecule has 28 heavy (non-hydrogen) atoms. The summed E-state index contributed by atoms with van der Waals surface area (Å²) in [5.74, 6) is -0.618. The third kappa shape index (κ3) is 4.55. The third-order valence-electron chi connectivity index (χ3n) is 4.57. The lowest BCUT2D eigenvalue weighted by molar-refractivity contribution is 0.0648. The smallest absolute Gasteiger partial charge is 0.407 e. The fraction of sp³-hybridized carbons (Fsp3) is 0.286. The number of ether oxygens (including phenoxy) is 1. The van der Waals surface area contributed by atoms with E-state index >= 15 is 0 Å². The molecule has 0 saturated heterocycles. The second-order valence-corrected chi connectivity index (χ2v) is 6.54. The molecule has 2 aromatic rings. The maximum atomic E-state index is 12.3.